The molecule has 1 heterocycles. The fourth-order valence-electron chi connectivity index (χ4n) is 4.27. The van der Waals surface area contributed by atoms with E-state index in [1.807, 2.05) is 18.2 Å². The lowest BCUT2D eigenvalue weighted by Gasteiger charge is -2.27. The van der Waals surface area contributed by atoms with E-state index in [0.29, 0.717) is 28.4 Å². The Labute approximate surface area is 224 Å². The molecule has 0 aliphatic carbocycles. The van der Waals surface area contributed by atoms with E-state index in [1.165, 1.54) is 12.1 Å². The molecule has 0 aromatic heterocycles. The molecule has 0 fully saturated rings. The van der Waals surface area contributed by atoms with Crippen molar-refractivity contribution in [3.8, 4) is 29.1 Å². The topological polar surface area (TPSA) is 104 Å². The van der Waals surface area contributed by atoms with Gasteiger partial charge in [0.2, 0.25) is 5.88 Å². The number of methoxy groups -OCH3 is 1. The van der Waals surface area contributed by atoms with Crippen molar-refractivity contribution in [1.82, 2.24) is 0 Å². The number of ether oxygens (including phenoxy) is 4. The summed E-state index contributed by atoms with van der Waals surface area (Å²) in [5, 5.41) is 9.89. The molecule has 8 heteroatoms. The van der Waals surface area contributed by atoms with Crippen molar-refractivity contribution in [3.05, 3.63) is 131 Å². The third-order valence-corrected chi connectivity index (χ3v) is 6.24. The van der Waals surface area contributed by atoms with Gasteiger partial charge in [-0.3, -0.25) is 0 Å². The fraction of sp³-hybridized carbons (Fsp3) is 0.0968. The van der Waals surface area contributed by atoms with Crippen LogP contribution in [-0.4, -0.2) is 13.1 Å². The van der Waals surface area contributed by atoms with Crippen LogP contribution in [-0.2, 0) is 6.61 Å². The minimum absolute atomic E-state index is 0.0359. The Balaban J connectivity index is 1.40. The van der Waals surface area contributed by atoms with Crippen molar-refractivity contribution >= 4 is 5.97 Å². The minimum Gasteiger partial charge on any atom is -0.497 e. The molecular formula is C31H23FN2O5. The lowest BCUT2D eigenvalue weighted by Crippen LogP contribution is -2.21. The number of hydrogen-bond donors (Lipinski definition) is 1. The first-order valence-electron chi connectivity index (χ1n) is 12.0. The zero-order valence-electron chi connectivity index (χ0n) is 20.9. The molecule has 0 amide bonds. The standard InChI is InChI=1S/C31H23FN2O5/c1-36-23-11-7-20(8-12-23)31(35)38-25-13-14-26-28(16-25)39-30(34)27(17-33)29(26)21-3-2-4-24(15-21)37-18-19-5-9-22(32)10-6-19/h2-16,29H,18,34H2,1H3. The van der Waals surface area contributed by atoms with E-state index in [9.17, 15) is 14.4 Å². The molecule has 1 aliphatic rings. The summed E-state index contributed by atoms with van der Waals surface area (Å²) in [6, 6.07) is 27.1. The number of carbonyl (C=O) groups excluding carboxylic acids is 1. The summed E-state index contributed by atoms with van der Waals surface area (Å²) in [6.07, 6.45) is 0. The molecule has 0 saturated heterocycles. The van der Waals surface area contributed by atoms with Crippen molar-refractivity contribution in [1.29, 1.82) is 5.26 Å². The molecule has 4 aromatic carbocycles. The number of nitrogens with zero attached hydrogens (tertiary/aromatic N) is 1. The van der Waals surface area contributed by atoms with E-state index >= 15 is 0 Å². The highest BCUT2D eigenvalue weighted by atomic mass is 19.1. The van der Waals surface area contributed by atoms with Crippen LogP contribution in [0.5, 0.6) is 23.0 Å². The summed E-state index contributed by atoms with van der Waals surface area (Å²) in [7, 11) is 1.54. The Hall–Kier alpha value is -5.29. The van der Waals surface area contributed by atoms with Crippen LogP contribution in [0.15, 0.2) is 102 Å². The third-order valence-electron chi connectivity index (χ3n) is 6.24. The number of allylic oxidation sites excluding steroid dienone is 1. The first kappa shape index (κ1) is 25.4. The van der Waals surface area contributed by atoms with Crippen molar-refractivity contribution < 1.29 is 28.1 Å². The Morgan fingerprint density at radius 1 is 0.974 bits per heavy atom. The first-order valence-corrected chi connectivity index (χ1v) is 12.0. The van der Waals surface area contributed by atoms with Gasteiger partial charge in [-0.15, -0.1) is 0 Å². The number of halogens is 1. The number of hydrogen-bond acceptors (Lipinski definition) is 7. The van der Waals surface area contributed by atoms with Gasteiger partial charge in [0, 0.05) is 11.6 Å². The number of esters is 1. The average Bonchev–Trinajstić information content (AvgIpc) is 2.96. The largest absolute Gasteiger partial charge is 0.497 e. The average molecular weight is 523 g/mol. The second-order valence-corrected chi connectivity index (χ2v) is 8.73. The minimum atomic E-state index is -0.544. The molecule has 7 nitrogen and oxygen atoms in total. The summed E-state index contributed by atoms with van der Waals surface area (Å²) in [5.74, 6) is 0.409. The number of fused-ring (bicyclic) bond motifs is 1. The molecule has 0 bridgehead atoms. The number of carbonyl (C=O) groups is 1. The molecule has 2 N–H and O–H groups in total. The van der Waals surface area contributed by atoms with Gasteiger partial charge in [-0.05, 0) is 65.7 Å². The SMILES string of the molecule is COc1ccc(C(=O)Oc2ccc3c(c2)OC(N)=C(C#N)C3c2cccc(OCc3ccc(F)cc3)c2)cc1. The second kappa shape index (κ2) is 11.0. The smallest absolute Gasteiger partial charge is 0.343 e. The first-order chi connectivity index (χ1) is 18.9. The Bertz CT molecular complexity index is 1590. The van der Waals surface area contributed by atoms with Gasteiger partial charge in [0.1, 0.15) is 47.1 Å². The molecule has 0 spiro atoms. The van der Waals surface area contributed by atoms with Crippen LogP contribution in [0, 0.1) is 17.1 Å². The van der Waals surface area contributed by atoms with Gasteiger partial charge in [-0.25, -0.2) is 9.18 Å². The van der Waals surface area contributed by atoms with Crippen LogP contribution in [0.25, 0.3) is 0 Å². The molecule has 0 radical (unpaired) electrons. The molecule has 1 atom stereocenters. The number of benzene rings is 4. The van der Waals surface area contributed by atoms with E-state index < -0.39 is 11.9 Å². The summed E-state index contributed by atoms with van der Waals surface area (Å²) in [6.45, 7) is 0.250. The predicted octanol–water partition coefficient (Wildman–Crippen LogP) is 5.85. The van der Waals surface area contributed by atoms with E-state index in [4.69, 9.17) is 24.7 Å². The van der Waals surface area contributed by atoms with Crippen molar-refractivity contribution in [2.75, 3.05) is 7.11 Å². The van der Waals surface area contributed by atoms with E-state index in [1.54, 1.807) is 67.8 Å². The van der Waals surface area contributed by atoms with Gasteiger partial charge in [0.15, 0.2) is 0 Å². The van der Waals surface area contributed by atoms with Crippen LogP contribution < -0.4 is 24.7 Å². The van der Waals surface area contributed by atoms with Crippen molar-refractivity contribution in [2.45, 2.75) is 12.5 Å². The quantitative estimate of drug-likeness (QED) is 0.240. The van der Waals surface area contributed by atoms with E-state index in [0.717, 1.165) is 11.1 Å². The van der Waals surface area contributed by atoms with Crippen LogP contribution in [0.2, 0.25) is 0 Å². The lowest BCUT2D eigenvalue weighted by molar-refractivity contribution is 0.0734. The van der Waals surface area contributed by atoms with Crippen molar-refractivity contribution in [2.24, 2.45) is 5.73 Å². The number of nitriles is 1. The summed E-state index contributed by atoms with van der Waals surface area (Å²) in [5.41, 5.74) is 9.01. The van der Waals surface area contributed by atoms with Crippen LogP contribution in [0.3, 0.4) is 0 Å². The van der Waals surface area contributed by atoms with Gasteiger partial charge in [0.05, 0.1) is 18.6 Å². The maximum Gasteiger partial charge on any atom is 0.343 e. The molecule has 0 saturated carbocycles. The molecule has 39 heavy (non-hydrogen) atoms. The van der Waals surface area contributed by atoms with E-state index in [-0.39, 0.29) is 29.6 Å². The zero-order chi connectivity index (χ0) is 27.4. The zero-order valence-corrected chi connectivity index (χ0v) is 20.9. The van der Waals surface area contributed by atoms with Gasteiger partial charge in [-0.1, -0.05) is 30.3 Å². The molecule has 1 unspecified atom stereocenters. The number of nitrogens with two attached hydrogens (primary N) is 1. The van der Waals surface area contributed by atoms with Crippen LogP contribution in [0.1, 0.15) is 33.0 Å². The third kappa shape index (κ3) is 5.53. The van der Waals surface area contributed by atoms with Gasteiger partial charge in [-0.2, -0.15) is 5.26 Å². The highest BCUT2D eigenvalue weighted by molar-refractivity contribution is 5.91. The Kier molecular flexibility index (Phi) is 7.15. The van der Waals surface area contributed by atoms with Gasteiger partial charge >= 0.3 is 5.97 Å². The predicted molar refractivity (Wildman–Crippen MR) is 141 cm³/mol. The van der Waals surface area contributed by atoms with Crippen molar-refractivity contribution in [3.63, 3.8) is 0 Å². The maximum atomic E-state index is 13.2. The normalized spacial score (nSPS) is 14.0. The second-order valence-electron chi connectivity index (χ2n) is 8.73. The van der Waals surface area contributed by atoms with Crippen LogP contribution >= 0.6 is 0 Å². The monoisotopic (exact) mass is 522 g/mol. The molecule has 194 valence electrons. The highest BCUT2D eigenvalue weighted by Crippen LogP contribution is 2.44. The lowest BCUT2D eigenvalue weighted by atomic mass is 9.83. The fourth-order valence-corrected chi connectivity index (χ4v) is 4.27. The summed E-state index contributed by atoms with van der Waals surface area (Å²) >= 11 is 0. The maximum absolute atomic E-state index is 13.2. The number of rotatable bonds is 7. The Morgan fingerprint density at radius 2 is 1.72 bits per heavy atom. The molecule has 4 aromatic rings. The Morgan fingerprint density at radius 3 is 2.44 bits per heavy atom. The molecular weight excluding hydrogens is 499 g/mol. The summed E-state index contributed by atoms with van der Waals surface area (Å²) in [4.78, 5) is 12.6. The summed E-state index contributed by atoms with van der Waals surface area (Å²) < 4.78 is 35.5. The van der Waals surface area contributed by atoms with E-state index in [2.05, 4.69) is 6.07 Å². The van der Waals surface area contributed by atoms with Gasteiger partial charge in [0.25, 0.3) is 0 Å². The highest BCUT2D eigenvalue weighted by Gasteiger charge is 2.31. The van der Waals surface area contributed by atoms with Crippen LogP contribution in [0.4, 0.5) is 4.39 Å². The molecule has 1 aliphatic heterocycles. The molecule has 5 rings (SSSR count). The van der Waals surface area contributed by atoms with Gasteiger partial charge < -0.3 is 24.7 Å².